The van der Waals surface area contributed by atoms with Crippen molar-refractivity contribution in [2.75, 3.05) is 6.61 Å². The molecule has 0 fully saturated rings. The lowest BCUT2D eigenvalue weighted by Gasteiger charge is -2.08. The molecule has 0 aliphatic carbocycles. The molecular formula is C15H15NO3. The molecule has 0 heterocycles. The highest BCUT2D eigenvalue weighted by atomic mass is 16.5. The van der Waals surface area contributed by atoms with Crippen molar-refractivity contribution in [3.8, 4) is 11.5 Å². The SMILES string of the molecule is O=C(COc1ccccc1O)NCc1ccccc1. The Kier molecular flexibility index (Phi) is 4.39. The van der Waals surface area contributed by atoms with Crippen LogP contribution in [0, 0.1) is 0 Å². The van der Waals surface area contributed by atoms with Crippen molar-refractivity contribution in [1.82, 2.24) is 5.32 Å². The standard InChI is InChI=1S/C15H15NO3/c17-13-8-4-5-9-14(13)19-11-15(18)16-10-12-6-2-1-3-7-12/h1-9,17H,10-11H2,(H,16,18). The Balaban J connectivity index is 1.78. The van der Waals surface area contributed by atoms with Crippen LogP contribution < -0.4 is 10.1 Å². The number of benzene rings is 2. The highest BCUT2D eigenvalue weighted by Gasteiger charge is 2.05. The van der Waals surface area contributed by atoms with Gasteiger partial charge in [-0.1, -0.05) is 42.5 Å². The van der Waals surface area contributed by atoms with Gasteiger partial charge in [0.15, 0.2) is 18.1 Å². The number of rotatable bonds is 5. The number of hydrogen-bond acceptors (Lipinski definition) is 3. The second-order valence-electron chi connectivity index (χ2n) is 4.02. The van der Waals surface area contributed by atoms with E-state index in [-0.39, 0.29) is 18.3 Å². The molecule has 2 aromatic rings. The minimum Gasteiger partial charge on any atom is -0.504 e. The molecule has 0 saturated heterocycles. The molecular weight excluding hydrogens is 242 g/mol. The molecule has 19 heavy (non-hydrogen) atoms. The molecule has 4 nitrogen and oxygen atoms in total. The van der Waals surface area contributed by atoms with Crippen molar-refractivity contribution in [2.24, 2.45) is 0 Å². The van der Waals surface area contributed by atoms with Crippen molar-refractivity contribution in [1.29, 1.82) is 0 Å². The fourth-order valence-corrected chi connectivity index (χ4v) is 1.57. The first kappa shape index (κ1) is 13.0. The third-order valence-electron chi connectivity index (χ3n) is 2.56. The molecule has 2 aromatic carbocycles. The average Bonchev–Trinajstić information content (AvgIpc) is 2.45. The number of phenolic OH excluding ortho intramolecular Hbond substituents is 1. The molecule has 1 amide bonds. The predicted octanol–water partition coefficient (Wildman–Crippen LogP) is 2.09. The van der Waals surface area contributed by atoms with Crippen molar-refractivity contribution in [3.63, 3.8) is 0 Å². The number of phenols is 1. The highest BCUT2D eigenvalue weighted by molar-refractivity contribution is 5.77. The Morgan fingerprint density at radius 3 is 2.47 bits per heavy atom. The van der Waals surface area contributed by atoms with Gasteiger partial charge in [0.25, 0.3) is 5.91 Å². The van der Waals surface area contributed by atoms with Gasteiger partial charge in [-0.25, -0.2) is 0 Å². The monoisotopic (exact) mass is 257 g/mol. The Labute approximate surface area is 111 Å². The van der Waals surface area contributed by atoms with Crippen LogP contribution in [0.5, 0.6) is 11.5 Å². The van der Waals surface area contributed by atoms with Gasteiger partial charge in [0, 0.05) is 6.54 Å². The molecule has 0 aliphatic heterocycles. The van der Waals surface area contributed by atoms with Gasteiger partial charge in [0.05, 0.1) is 0 Å². The zero-order chi connectivity index (χ0) is 13.5. The van der Waals surface area contributed by atoms with Gasteiger partial charge in [-0.3, -0.25) is 4.79 Å². The van der Waals surface area contributed by atoms with Crippen molar-refractivity contribution in [2.45, 2.75) is 6.54 Å². The normalized spacial score (nSPS) is 9.89. The number of carbonyl (C=O) groups excluding carboxylic acids is 1. The van der Waals surface area contributed by atoms with Gasteiger partial charge in [-0.15, -0.1) is 0 Å². The molecule has 0 bridgehead atoms. The Morgan fingerprint density at radius 1 is 1.05 bits per heavy atom. The number of hydrogen-bond donors (Lipinski definition) is 2. The molecule has 0 spiro atoms. The van der Waals surface area contributed by atoms with Gasteiger partial charge >= 0.3 is 0 Å². The maximum Gasteiger partial charge on any atom is 0.258 e. The summed E-state index contributed by atoms with van der Waals surface area (Å²) in [7, 11) is 0. The van der Waals surface area contributed by atoms with E-state index in [0.717, 1.165) is 5.56 Å². The highest BCUT2D eigenvalue weighted by Crippen LogP contribution is 2.23. The van der Waals surface area contributed by atoms with E-state index in [2.05, 4.69) is 5.32 Å². The maximum absolute atomic E-state index is 11.6. The first-order valence-corrected chi connectivity index (χ1v) is 5.97. The van der Waals surface area contributed by atoms with Crippen LogP contribution >= 0.6 is 0 Å². The lowest BCUT2D eigenvalue weighted by Crippen LogP contribution is -2.28. The molecule has 0 radical (unpaired) electrons. The summed E-state index contributed by atoms with van der Waals surface area (Å²) in [5.74, 6) is 0.0998. The Bertz CT molecular complexity index is 540. The molecule has 2 rings (SSSR count). The van der Waals surface area contributed by atoms with Gasteiger partial charge in [0.2, 0.25) is 0 Å². The molecule has 0 aliphatic rings. The summed E-state index contributed by atoms with van der Waals surface area (Å²) in [4.78, 5) is 11.6. The Hall–Kier alpha value is -2.49. The predicted molar refractivity (Wildman–Crippen MR) is 71.9 cm³/mol. The van der Waals surface area contributed by atoms with Crippen molar-refractivity contribution in [3.05, 3.63) is 60.2 Å². The molecule has 0 atom stereocenters. The number of aromatic hydroxyl groups is 1. The number of carbonyl (C=O) groups is 1. The van der Waals surface area contributed by atoms with E-state index in [9.17, 15) is 9.90 Å². The number of ether oxygens (including phenoxy) is 1. The van der Waals surface area contributed by atoms with Crippen LogP contribution in [0.1, 0.15) is 5.56 Å². The van der Waals surface area contributed by atoms with Crippen LogP contribution in [0.25, 0.3) is 0 Å². The largest absolute Gasteiger partial charge is 0.504 e. The average molecular weight is 257 g/mol. The lowest BCUT2D eigenvalue weighted by atomic mass is 10.2. The first-order chi connectivity index (χ1) is 9.25. The van der Waals surface area contributed by atoms with Crippen LogP contribution in [0.2, 0.25) is 0 Å². The minimum absolute atomic E-state index is 0.0263. The summed E-state index contributed by atoms with van der Waals surface area (Å²) < 4.78 is 5.22. The summed E-state index contributed by atoms with van der Waals surface area (Å²) in [6, 6.07) is 16.2. The fraction of sp³-hybridized carbons (Fsp3) is 0.133. The summed E-state index contributed by atoms with van der Waals surface area (Å²) in [5, 5.41) is 12.2. The molecule has 0 saturated carbocycles. The molecule has 0 unspecified atom stereocenters. The second-order valence-corrected chi connectivity index (χ2v) is 4.02. The quantitative estimate of drug-likeness (QED) is 0.862. The fourth-order valence-electron chi connectivity index (χ4n) is 1.57. The number of nitrogens with one attached hydrogen (secondary N) is 1. The van der Waals surface area contributed by atoms with Crippen molar-refractivity contribution >= 4 is 5.91 Å². The number of para-hydroxylation sites is 2. The third kappa shape index (κ3) is 4.03. The zero-order valence-corrected chi connectivity index (χ0v) is 10.4. The topological polar surface area (TPSA) is 58.6 Å². The van der Waals surface area contributed by atoms with Crippen molar-refractivity contribution < 1.29 is 14.6 Å². The molecule has 98 valence electrons. The third-order valence-corrected chi connectivity index (χ3v) is 2.56. The summed E-state index contributed by atoms with van der Waals surface area (Å²) >= 11 is 0. The maximum atomic E-state index is 11.6. The van der Waals surface area contributed by atoms with Crippen LogP contribution in [0.15, 0.2) is 54.6 Å². The van der Waals surface area contributed by atoms with Crippen LogP contribution in [0.4, 0.5) is 0 Å². The summed E-state index contributed by atoms with van der Waals surface area (Å²) in [5.41, 5.74) is 1.03. The van der Waals surface area contributed by atoms with Gasteiger partial charge in [-0.2, -0.15) is 0 Å². The zero-order valence-electron chi connectivity index (χ0n) is 10.4. The lowest BCUT2D eigenvalue weighted by molar-refractivity contribution is -0.123. The molecule has 0 aromatic heterocycles. The van der Waals surface area contributed by atoms with Gasteiger partial charge in [0.1, 0.15) is 0 Å². The van der Waals surface area contributed by atoms with E-state index in [1.54, 1.807) is 18.2 Å². The summed E-state index contributed by atoms with van der Waals surface area (Å²) in [6.45, 7) is 0.341. The van der Waals surface area contributed by atoms with E-state index >= 15 is 0 Å². The first-order valence-electron chi connectivity index (χ1n) is 5.97. The van der Waals surface area contributed by atoms with E-state index in [4.69, 9.17) is 4.74 Å². The minimum atomic E-state index is -0.230. The van der Waals surface area contributed by atoms with E-state index in [0.29, 0.717) is 12.3 Å². The van der Waals surface area contributed by atoms with Crippen LogP contribution in [-0.2, 0) is 11.3 Å². The van der Waals surface area contributed by atoms with Crippen LogP contribution in [-0.4, -0.2) is 17.6 Å². The molecule has 2 N–H and O–H groups in total. The van der Waals surface area contributed by atoms with Gasteiger partial charge in [-0.05, 0) is 17.7 Å². The van der Waals surface area contributed by atoms with Crippen LogP contribution in [0.3, 0.4) is 0 Å². The van der Waals surface area contributed by atoms with E-state index < -0.39 is 0 Å². The molecule has 4 heteroatoms. The number of amides is 1. The van der Waals surface area contributed by atoms with Gasteiger partial charge < -0.3 is 15.2 Å². The van der Waals surface area contributed by atoms with E-state index in [1.165, 1.54) is 6.07 Å². The Morgan fingerprint density at radius 2 is 1.74 bits per heavy atom. The van der Waals surface area contributed by atoms with E-state index in [1.807, 2.05) is 30.3 Å². The second kappa shape index (κ2) is 6.44. The smallest absolute Gasteiger partial charge is 0.258 e. The summed E-state index contributed by atoms with van der Waals surface area (Å²) in [6.07, 6.45) is 0.